The van der Waals surface area contributed by atoms with Crippen LogP contribution in [-0.4, -0.2) is 17.9 Å². The summed E-state index contributed by atoms with van der Waals surface area (Å²) < 4.78 is 0. The molecular weight excluding hydrogens is 348 g/mol. The van der Waals surface area contributed by atoms with Crippen molar-refractivity contribution in [3.8, 4) is 0 Å². The molecule has 2 aromatic rings. The molecule has 2 aromatic carbocycles. The predicted molar refractivity (Wildman–Crippen MR) is 114 cm³/mol. The van der Waals surface area contributed by atoms with E-state index in [1.165, 1.54) is 0 Å². The fourth-order valence-corrected chi connectivity index (χ4v) is 4.24. The summed E-state index contributed by atoms with van der Waals surface area (Å²) in [6.45, 7) is 5.82. The number of anilines is 2. The van der Waals surface area contributed by atoms with Gasteiger partial charge in [-0.3, -0.25) is 9.59 Å². The number of carbonyl (C=O) groups is 2. The summed E-state index contributed by atoms with van der Waals surface area (Å²) in [6.07, 6.45) is 4.33. The Balaban J connectivity index is 2.03. The van der Waals surface area contributed by atoms with Crippen molar-refractivity contribution in [1.82, 2.24) is 0 Å². The average molecular weight is 379 g/mol. The van der Waals surface area contributed by atoms with Crippen molar-refractivity contribution in [2.45, 2.75) is 65.0 Å². The summed E-state index contributed by atoms with van der Waals surface area (Å²) in [5, 5.41) is 0. The van der Waals surface area contributed by atoms with E-state index in [1.807, 2.05) is 58.3 Å². The Hall–Kier alpha value is -2.62. The maximum atomic E-state index is 13.3. The number of amides is 2. The number of rotatable bonds is 6. The van der Waals surface area contributed by atoms with Crippen LogP contribution < -0.4 is 9.80 Å². The van der Waals surface area contributed by atoms with Gasteiger partial charge in [-0.05, 0) is 43.5 Å². The highest BCUT2D eigenvalue weighted by Crippen LogP contribution is 2.42. The number of hydrogen-bond donors (Lipinski definition) is 0. The third-order valence-electron chi connectivity index (χ3n) is 5.51. The van der Waals surface area contributed by atoms with E-state index in [1.54, 1.807) is 6.92 Å². The minimum atomic E-state index is -0.0710. The second kappa shape index (κ2) is 9.05. The molecule has 0 spiro atoms. The molecule has 1 heterocycles. The van der Waals surface area contributed by atoms with Gasteiger partial charge in [0.25, 0.3) is 0 Å². The van der Waals surface area contributed by atoms with Gasteiger partial charge in [0.05, 0.1) is 6.04 Å². The van der Waals surface area contributed by atoms with Gasteiger partial charge < -0.3 is 9.80 Å². The van der Waals surface area contributed by atoms with Crippen LogP contribution in [0.15, 0.2) is 54.6 Å². The molecule has 0 radical (unpaired) electrons. The third kappa shape index (κ3) is 4.11. The van der Waals surface area contributed by atoms with Crippen LogP contribution >= 0.6 is 0 Å². The Labute approximate surface area is 168 Å². The molecule has 0 fully saturated rings. The highest BCUT2D eigenvalue weighted by molar-refractivity contribution is 5.97. The SMILES string of the molecule is CCCCCC(=O)N(c1ccccc1)[C@@H]1C[C@@H](C)N(C(C)=O)c2ccccc21. The van der Waals surface area contributed by atoms with Gasteiger partial charge in [0.2, 0.25) is 11.8 Å². The smallest absolute Gasteiger partial charge is 0.227 e. The van der Waals surface area contributed by atoms with E-state index < -0.39 is 0 Å². The van der Waals surface area contributed by atoms with E-state index in [2.05, 4.69) is 19.9 Å². The van der Waals surface area contributed by atoms with Gasteiger partial charge in [-0.1, -0.05) is 56.2 Å². The molecule has 28 heavy (non-hydrogen) atoms. The summed E-state index contributed by atoms with van der Waals surface area (Å²) >= 11 is 0. The molecule has 4 heteroatoms. The average Bonchev–Trinajstić information content (AvgIpc) is 2.69. The van der Waals surface area contributed by atoms with E-state index in [-0.39, 0.29) is 23.9 Å². The normalized spacial score (nSPS) is 18.5. The summed E-state index contributed by atoms with van der Waals surface area (Å²) in [5.41, 5.74) is 2.89. The van der Waals surface area contributed by atoms with E-state index in [4.69, 9.17) is 0 Å². The lowest BCUT2D eigenvalue weighted by Gasteiger charge is -2.43. The molecule has 2 atom stereocenters. The Morgan fingerprint density at radius 3 is 2.39 bits per heavy atom. The molecular formula is C24H30N2O2. The number of carbonyl (C=O) groups excluding carboxylic acids is 2. The van der Waals surface area contributed by atoms with Crippen LogP contribution in [0.4, 0.5) is 11.4 Å². The minimum absolute atomic E-state index is 0.0343. The monoisotopic (exact) mass is 378 g/mol. The van der Waals surface area contributed by atoms with Crippen LogP contribution in [0, 0.1) is 0 Å². The van der Waals surface area contributed by atoms with Gasteiger partial charge in [-0.25, -0.2) is 0 Å². The molecule has 148 valence electrons. The van der Waals surface area contributed by atoms with Gasteiger partial charge in [-0.15, -0.1) is 0 Å². The quantitative estimate of drug-likeness (QED) is 0.624. The predicted octanol–water partition coefficient (Wildman–Crippen LogP) is 5.49. The molecule has 0 N–H and O–H groups in total. The zero-order valence-electron chi connectivity index (χ0n) is 17.1. The number of fused-ring (bicyclic) bond motifs is 1. The lowest BCUT2D eigenvalue weighted by molar-refractivity contribution is -0.119. The standard InChI is InChI=1S/C24H30N2O2/c1-4-5-7-16-24(28)26(20-12-8-6-9-13-20)23-17-18(2)25(19(3)27)22-15-11-10-14-21(22)23/h6,8-15,18,23H,4-5,7,16-17H2,1-3H3/t18-,23-/m1/s1. The Morgan fingerprint density at radius 1 is 1.04 bits per heavy atom. The van der Waals surface area contributed by atoms with Crippen LogP contribution in [0.1, 0.15) is 64.5 Å². The number of benzene rings is 2. The highest BCUT2D eigenvalue weighted by Gasteiger charge is 2.37. The number of para-hydroxylation sites is 2. The largest absolute Gasteiger partial charge is 0.309 e. The first kappa shape index (κ1) is 20.1. The fourth-order valence-electron chi connectivity index (χ4n) is 4.24. The molecule has 0 bridgehead atoms. The second-order valence-corrected chi connectivity index (χ2v) is 7.60. The Kier molecular flexibility index (Phi) is 6.50. The van der Waals surface area contributed by atoms with Crippen molar-refractivity contribution in [2.24, 2.45) is 0 Å². The summed E-state index contributed by atoms with van der Waals surface area (Å²) in [6, 6.07) is 17.9. The number of hydrogen-bond acceptors (Lipinski definition) is 2. The van der Waals surface area contributed by atoms with Gasteiger partial charge in [-0.2, -0.15) is 0 Å². The van der Waals surface area contributed by atoms with Gasteiger partial charge in [0.1, 0.15) is 0 Å². The van der Waals surface area contributed by atoms with Crippen molar-refractivity contribution in [1.29, 1.82) is 0 Å². The van der Waals surface area contributed by atoms with Crippen LogP contribution in [0.5, 0.6) is 0 Å². The number of nitrogens with zero attached hydrogens (tertiary/aromatic N) is 2. The van der Waals surface area contributed by atoms with Crippen molar-refractivity contribution in [3.05, 3.63) is 60.2 Å². The fraction of sp³-hybridized carbons (Fsp3) is 0.417. The molecule has 4 nitrogen and oxygen atoms in total. The first-order chi connectivity index (χ1) is 13.5. The zero-order chi connectivity index (χ0) is 20.1. The van der Waals surface area contributed by atoms with Crippen molar-refractivity contribution < 1.29 is 9.59 Å². The topological polar surface area (TPSA) is 40.6 Å². The Bertz CT molecular complexity index is 818. The molecule has 1 aliphatic heterocycles. The summed E-state index contributed by atoms with van der Waals surface area (Å²) in [5.74, 6) is 0.196. The number of unbranched alkanes of at least 4 members (excludes halogenated alkanes) is 2. The van der Waals surface area contributed by atoms with Crippen LogP contribution in [0.2, 0.25) is 0 Å². The molecule has 0 saturated carbocycles. The van der Waals surface area contributed by atoms with Crippen molar-refractivity contribution in [2.75, 3.05) is 9.80 Å². The lowest BCUT2D eigenvalue weighted by atomic mass is 9.89. The van der Waals surface area contributed by atoms with Crippen LogP contribution in [0.3, 0.4) is 0 Å². The first-order valence-corrected chi connectivity index (χ1v) is 10.3. The summed E-state index contributed by atoms with van der Waals surface area (Å²) in [7, 11) is 0. The van der Waals surface area contributed by atoms with Crippen LogP contribution in [0.25, 0.3) is 0 Å². The van der Waals surface area contributed by atoms with Gasteiger partial charge in [0.15, 0.2) is 0 Å². The molecule has 0 unspecified atom stereocenters. The third-order valence-corrected chi connectivity index (χ3v) is 5.51. The van der Waals surface area contributed by atoms with E-state index in [0.717, 1.165) is 42.6 Å². The zero-order valence-corrected chi connectivity index (χ0v) is 17.1. The van der Waals surface area contributed by atoms with E-state index >= 15 is 0 Å². The first-order valence-electron chi connectivity index (χ1n) is 10.3. The van der Waals surface area contributed by atoms with Gasteiger partial charge in [0, 0.05) is 30.8 Å². The second-order valence-electron chi connectivity index (χ2n) is 7.60. The lowest BCUT2D eigenvalue weighted by Crippen LogP contribution is -2.47. The molecule has 0 saturated heterocycles. The van der Waals surface area contributed by atoms with E-state index in [9.17, 15) is 9.59 Å². The molecule has 0 aromatic heterocycles. The molecule has 3 rings (SSSR count). The molecule has 0 aliphatic carbocycles. The maximum absolute atomic E-state index is 13.3. The Morgan fingerprint density at radius 2 is 1.71 bits per heavy atom. The maximum Gasteiger partial charge on any atom is 0.227 e. The minimum Gasteiger partial charge on any atom is -0.309 e. The summed E-state index contributed by atoms with van der Waals surface area (Å²) in [4.78, 5) is 29.4. The van der Waals surface area contributed by atoms with Crippen molar-refractivity contribution >= 4 is 23.2 Å². The molecule has 2 amide bonds. The highest BCUT2D eigenvalue weighted by atomic mass is 16.2. The molecule has 1 aliphatic rings. The van der Waals surface area contributed by atoms with Crippen molar-refractivity contribution in [3.63, 3.8) is 0 Å². The van der Waals surface area contributed by atoms with Crippen LogP contribution in [-0.2, 0) is 9.59 Å². The van der Waals surface area contributed by atoms with Gasteiger partial charge >= 0.3 is 0 Å². The van der Waals surface area contributed by atoms with E-state index in [0.29, 0.717) is 6.42 Å².